The molecule has 3 atom stereocenters. The number of hydrazine groups is 1. The number of ketones is 1. The van der Waals surface area contributed by atoms with Crippen molar-refractivity contribution in [2.24, 2.45) is 5.10 Å². The molecule has 208 valence electrons. The van der Waals surface area contributed by atoms with E-state index < -0.39 is 23.4 Å². The zero-order valence-electron chi connectivity index (χ0n) is 22.2. The molecule has 3 aromatic rings. The van der Waals surface area contributed by atoms with Crippen molar-refractivity contribution in [3.8, 4) is 5.75 Å². The molecule has 0 radical (unpaired) electrons. The molecule has 2 heterocycles. The van der Waals surface area contributed by atoms with Gasteiger partial charge in [0.05, 0.1) is 37.0 Å². The van der Waals surface area contributed by atoms with Crippen molar-refractivity contribution in [2.75, 3.05) is 13.7 Å². The number of nitrogens with zero attached hydrogens (tertiary/aromatic N) is 3. The molecule has 10 heteroatoms. The Morgan fingerprint density at radius 1 is 1.02 bits per heavy atom. The predicted octanol–water partition coefficient (Wildman–Crippen LogP) is 4.11. The van der Waals surface area contributed by atoms with Crippen LogP contribution in [0.2, 0.25) is 0 Å². The number of carbonyl (C=O) groups excluding carboxylic acids is 3. The van der Waals surface area contributed by atoms with E-state index in [1.165, 1.54) is 10.0 Å². The fraction of sp³-hybridized carbons (Fsp3) is 0.226. The van der Waals surface area contributed by atoms with Gasteiger partial charge in [0.2, 0.25) is 0 Å². The summed E-state index contributed by atoms with van der Waals surface area (Å²) in [6, 6.07) is 22.8. The maximum Gasteiger partial charge on any atom is 0.259 e. The highest BCUT2D eigenvalue weighted by atomic mass is 35.5. The second kappa shape index (κ2) is 10.8. The van der Waals surface area contributed by atoms with Crippen LogP contribution in [0.15, 0.2) is 89.5 Å². The minimum Gasteiger partial charge on any atom is -0.506 e. The van der Waals surface area contributed by atoms with Gasteiger partial charge in [0.25, 0.3) is 11.8 Å². The number of fused-ring (bicyclic) bond motifs is 1. The summed E-state index contributed by atoms with van der Waals surface area (Å²) in [5.74, 6) is -0.479. The molecule has 3 unspecified atom stereocenters. The Balaban J connectivity index is 1.29. The number of hydrogen-bond acceptors (Lipinski definition) is 7. The lowest BCUT2D eigenvalue weighted by atomic mass is 9.85. The van der Waals surface area contributed by atoms with Crippen LogP contribution >= 0.6 is 11.6 Å². The van der Waals surface area contributed by atoms with Crippen molar-refractivity contribution < 1.29 is 24.2 Å². The third-order valence-corrected chi connectivity index (χ3v) is 8.09. The number of Topliss-reactive ketones (excluding diaryl/α,β-unsaturated/α-hetero) is 1. The van der Waals surface area contributed by atoms with Gasteiger partial charge in [0.15, 0.2) is 5.78 Å². The maximum atomic E-state index is 13.6. The van der Waals surface area contributed by atoms with Gasteiger partial charge in [-0.1, -0.05) is 66.7 Å². The highest BCUT2D eigenvalue weighted by Gasteiger charge is 2.48. The van der Waals surface area contributed by atoms with Crippen LogP contribution in [0, 0.1) is 0 Å². The second-order valence-corrected chi connectivity index (χ2v) is 10.5. The molecule has 2 amide bonds. The molecule has 1 saturated heterocycles. The summed E-state index contributed by atoms with van der Waals surface area (Å²) in [5, 5.41) is 17.6. The molecular formula is C31H27ClN4O5. The number of benzene rings is 3. The van der Waals surface area contributed by atoms with Gasteiger partial charge in [0.1, 0.15) is 16.9 Å². The Hall–Kier alpha value is -4.47. The number of aliphatic hydroxyl groups excluding tert-OH is 1. The van der Waals surface area contributed by atoms with E-state index in [2.05, 4.69) is 10.5 Å². The van der Waals surface area contributed by atoms with Gasteiger partial charge in [-0.2, -0.15) is 5.10 Å². The lowest BCUT2D eigenvalue weighted by Crippen LogP contribution is -2.63. The maximum absolute atomic E-state index is 13.6. The van der Waals surface area contributed by atoms with E-state index in [1.807, 2.05) is 54.6 Å². The number of hydrogen-bond donors (Lipinski definition) is 2. The molecule has 0 saturated carbocycles. The first-order valence-corrected chi connectivity index (χ1v) is 13.6. The summed E-state index contributed by atoms with van der Waals surface area (Å²) in [6.07, 6.45) is 0.360. The molecule has 41 heavy (non-hydrogen) atoms. The second-order valence-electron chi connectivity index (χ2n) is 10.1. The summed E-state index contributed by atoms with van der Waals surface area (Å²) in [5.41, 5.74) is 6.34. The highest BCUT2D eigenvalue weighted by Crippen LogP contribution is 2.39. The molecule has 6 rings (SSSR count). The van der Waals surface area contributed by atoms with E-state index in [4.69, 9.17) is 16.3 Å². The monoisotopic (exact) mass is 570 g/mol. The highest BCUT2D eigenvalue weighted by molar-refractivity contribution is 6.33. The first kappa shape index (κ1) is 26.7. The lowest BCUT2D eigenvalue weighted by Gasteiger charge is -2.44. The van der Waals surface area contributed by atoms with Crippen LogP contribution in [0.1, 0.15) is 40.8 Å². The van der Waals surface area contributed by atoms with Crippen LogP contribution < -0.4 is 10.2 Å². The van der Waals surface area contributed by atoms with E-state index in [0.717, 1.165) is 16.7 Å². The fourth-order valence-electron chi connectivity index (χ4n) is 5.54. The van der Waals surface area contributed by atoms with E-state index in [0.29, 0.717) is 17.0 Å². The number of ether oxygens (including phenoxy) is 1. The van der Waals surface area contributed by atoms with E-state index >= 15 is 0 Å². The summed E-state index contributed by atoms with van der Waals surface area (Å²) in [6.45, 7) is -0.232. The third kappa shape index (κ3) is 4.77. The topological polar surface area (TPSA) is 112 Å². The molecule has 3 aliphatic rings. The number of carbonyl (C=O) groups is 3. The lowest BCUT2D eigenvalue weighted by molar-refractivity contribution is -0.152. The minimum atomic E-state index is -0.737. The summed E-state index contributed by atoms with van der Waals surface area (Å²) >= 11 is 6.31. The zero-order valence-corrected chi connectivity index (χ0v) is 22.9. The van der Waals surface area contributed by atoms with Crippen LogP contribution in [0.3, 0.4) is 0 Å². The van der Waals surface area contributed by atoms with Crippen molar-refractivity contribution in [1.29, 1.82) is 0 Å². The van der Waals surface area contributed by atoms with Crippen LogP contribution in [-0.2, 0) is 20.8 Å². The Kier molecular flexibility index (Phi) is 7.07. The van der Waals surface area contributed by atoms with Crippen LogP contribution in [-0.4, -0.2) is 57.5 Å². The molecule has 1 aliphatic carbocycles. The van der Waals surface area contributed by atoms with Gasteiger partial charge in [-0.15, -0.1) is 11.6 Å². The SMILES string of the molecule is COc1ccc(C2CC(C3=C(O)c4ccccc4CC3=O)=NN2C(=O)CNN2C(=O)C(Cl)C2c2ccccc2)cc1. The summed E-state index contributed by atoms with van der Waals surface area (Å²) < 4.78 is 5.28. The number of halogens is 1. The largest absolute Gasteiger partial charge is 0.506 e. The Morgan fingerprint density at radius 3 is 2.46 bits per heavy atom. The van der Waals surface area contributed by atoms with Crippen molar-refractivity contribution in [2.45, 2.75) is 30.3 Å². The number of nitrogens with one attached hydrogen (secondary N) is 1. The third-order valence-electron chi connectivity index (χ3n) is 7.66. The Morgan fingerprint density at radius 2 is 1.73 bits per heavy atom. The molecular weight excluding hydrogens is 544 g/mol. The number of aliphatic hydroxyl groups is 1. The molecule has 2 N–H and O–H groups in total. The van der Waals surface area contributed by atoms with Gasteiger partial charge in [-0.25, -0.2) is 10.4 Å². The number of β-lactam (4-membered cyclic amide) rings is 1. The number of hydrazone groups is 1. The standard InChI is InChI=1S/C31H27ClN4O5/c1-41-21-13-11-18(12-14-21)24-16-23(27-25(37)15-20-9-5-6-10-22(20)30(27)39)34-35(24)26(38)17-33-36-29(28(32)31(36)40)19-7-3-2-4-8-19/h2-14,24,28-29,33,39H,15-17H2,1H3. The number of alkyl halides is 1. The van der Waals surface area contributed by atoms with Gasteiger partial charge >= 0.3 is 0 Å². The summed E-state index contributed by atoms with van der Waals surface area (Å²) in [4.78, 5) is 39.3. The predicted molar refractivity (Wildman–Crippen MR) is 153 cm³/mol. The van der Waals surface area contributed by atoms with Gasteiger partial charge in [-0.3, -0.25) is 19.4 Å². The number of allylic oxidation sites excluding steroid dienone is 1. The van der Waals surface area contributed by atoms with Crippen molar-refractivity contribution in [3.63, 3.8) is 0 Å². The average molecular weight is 571 g/mol. The van der Waals surface area contributed by atoms with Crippen molar-refractivity contribution in [1.82, 2.24) is 15.4 Å². The molecule has 0 spiro atoms. The number of rotatable bonds is 7. The van der Waals surface area contributed by atoms with Crippen molar-refractivity contribution >= 4 is 40.7 Å². The normalized spacial score (nSPS) is 21.9. The molecule has 3 aromatic carbocycles. The number of methoxy groups -OCH3 is 1. The van der Waals surface area contributed by atoms with Gasteiger partial charge in [0, 0.05) is 18.4 Å². The van der Waals surface area contributed by atoms with E-state index in [1.54, 1.807) is 31.4 Å². The quantitative estimate of drug-likeness (QED) is 0.327. The van der Waals surface area contributed by atoms with Crippen molar-refractivity contribution in [3.05, 3.63) is 107 Å². The smallest absolute Gasteiger partial charge is 0.259 e. The molecule has 9 nitrogen and oxygen atoms in total. The first-order valence-electron chi connectivity index (χ1n) is 13.2. The Labute approximate surface area is 241 Å². The van der Waals surface area contributed by atoms with E-state index in [9.17, 15) is 19.5 Å². The van der Waals surface area contributed by atoms with Crippen LogP contribution in [0.5, 0.6) is 5.75 Å². The fourth-order valence-corrected chi connectivity index (χ4v) is 5.90. The summed E-state index contributed by atoms with van der Waals surface area (Å²) in [7, 11) is 1.57. The zero-order chi connectivity index (χ0) is 28.7. The first-order chi connectivity index (χ1) is 19.9. The molecule has 1 fully saturated rings. The van der Waals surface area contributed by atoms with Crippen LogP contribution in [0.25, 0.3) is 5.76 Å². The Bertz CT molecular complexity index is 1590. The number of amides is 2. The van der Waals surface area contributed by atoms with Gasteiger partial charge < -0.3 is 9.84 Å². The molecule has 0 bridgehead atoms. The van der Waals surface area contributed by atoms with E-state index in [-0.39, 0.29) is 42.4 Å². The van der Waals surface area contributed by atoms with Crippen LogP contribution in [0.4, 0.5) is 0 Å². The average Bonchev–Trinajstić information content (AvgIpc) is 3.44. The molecule has 2 aliphatic heterocycles. The molecule has 0 aromatic heterocycles. The van der Waals surface area contributed by atoms with Gasteiger partial charge in [-0.05, 0) is 28.8 Å². The minimum absolute atomic E-state index is 0.123.